The van der Waals surface area contributed by atoms with Gasteiger partial charge in [-0.1, -0.05) is 23.3 Å². The number of aliphatic carboxylic acids is 1. The SMILES string of the molecule is COc1c(C)c2c(c(O)c1C/C=C(\C)CC/C=C(\C)CCC(=O)O)C(=O)OC2. The predicted octanol–water partition coefficient (Wildman–Crippen LogP) is 4.46. The van der Waals surface area contributed by atoms with Crippen molar-refractivity contribution in [3.8, 4) is 11.5 Å². The van der Waals surface area contributed by atoms with E-state index in [1.54, 1.807) is 7.11 Å². The summed E-state index contributed by atoms with van der Waals surface area (Å²) in [6.45, 7) is 5.98. The zero-order valence-corrected chi connectivity index (χ0v) is 16.9. The van der Waals surface area contributed by atoms with Crippen LogP contribution >= 0.6 is 0 Å². The second kappa shape index (κ2) is 9.44. The molecule has 1 aromatic carbocycles. The molecule has 0 radical (unpaired) electrons. The molecule has 0 unspecified atom stereocenters. The molecule has 152 valence electrons. The van der Waals surface area contributed by atoms with Gasteiger partial charge in [0.2, 0.25) is 0 Å². The van der Waals surface area contributed by atoms with Crippen molar-refractivity contribution < 1.29 is 29.3 Å². The lowest BCUT2D eigenvalue weighted by Gasteiger charge is -2.15. The molecule has 0 amide bonds. The first-order valence-corrected chi connectivity index (χ1v) is 9.37. The Bertz CT molecular complexity index is 832. The number of carboxylic acid groups (broad SMARTS) is 1. The first kappa shape index (κ1) is 21.5. The van der Waals surface area contributed by atoms with Crippen LogP contribution in [0.25, 0.3) is 0 Å². The van der Waals surface area contributed by atoms with Crippen molar-refractivity contribution in [3.63, 3.8) is 0 Å². The molecule has 6 nitrogen and oxygen atoms in total. The number of cyclic esters (lactones) is 1. The van der Waals surface area contributed by atoms with E-state index in [-0.39, 0.29) is 24.3 Å². The number of methoxy groups -OCH3 is 1. The Hall–Kier alpha value is -2.76. The quantitative estimate of drug-likeness (QED) is 0.479. The van der Waals surface area contributed by atoms with E-state index >= 15 is 0 Å². The van der Waals surface area contributed by atoms with Gasteiger partial charge < -0.3 is 19.7 Å². The molecule has 0 aliphatic carbocycles. The van der Waals surface area contributed by atoms with Gasteiger partial charge in [-0.25, -0.2) is 4.79 Å². The second-order valence-corrected chi connectivity index (χ2v) is 7.15. The number of carboxylic acids is 1. The maximum absolute atomic E-state index is 11.9. The first-order valence-electron chi connectivity index (χ1n) is 9.37. The molecular weight excluding hydrogens is 360 g/mol. The van der Waals surface area contributed by atoms with Gasteiger partial charge in [-0.15, -0.1) is 0 Å². The normalized spacial score (nSPS) is 14.1. The Morgan fingerprint density at radius 1 is 1.18 bits per heavy atom. The second-order valence-electron chi connectivity index (χ2n) is 7.15. The van der Waals surface area contributed by atoms with E-state index in [1.165, 1.54) is 0 Å². The van der Waals surface area contributed by atoms with Crippen molar-refractivity contribution >= 4 is 11.9 Å². The molecule has 0 fully saturated rings. The van der Waals surface area contributed by atoms with Gasteiger partial charge in [-0.05, 0) is 52.0 Å². The Kier molecular flexibility index (Phi) is 7.26. The van der Waals surface area contributed by atoms with Crippen LogP contribution in [0.3, 0.4) is 0 Å². The van der Waals surface area contributed by atoms with Gasteiger partial charge in [0.25, 0.3) is 0 Å². The van der Waals surface area contributed by atoms with Crippen molar-refractivity contribution in [2.24, 2.45) is 0 Å². The molecule has 0 bridgehead atoms. The molecule has 2 rings (SSSR count). The van der Waals surface area contributed by atoms with Gasteiger partial charge in [0, 0.05) is 17.5 Å². The standard InChI is InChI=1S/C22H28O6/c1-13(6-5-7-14(2)9-11-18(23)24)8-10-16-20(25)19-17(12-28-22(19)26)15(3)21(16)27-4/h7-8,25H,5-6,9-12H2,1-4H3,(H,23,24)/b13-8+,14-7+. The minimum absolute atomic E-state index is 0.0617. The minimum Gasteiger partial charge on any atom is -0.507 e. The van der Waals surface area contributed by atoms with Crippen molar-refractivity contribution in [2.75, 3.05) is 7.11 Å². The average molecular weight is 388 g/mol. The monoisotopic (exact) mass is 388 g/mol. The van der Waals surface area contributed by atoms with Crippen LogP contribution in [0.2, 0.25) is 0 Å². The zero-order chi connectivity index (χ0) is 20.8. The van der Waals surface area contributed by atoms with E-state index in [9.17, 15) is 14.7 Å². The molecule has 2 N–H and O–H groups in total. The Morgan fingerprint density at radius 2 is 1.86 bits per heavy atom. The van der Waals surface area contributed by atoms with Crippen LogP contribution in [0, 0.1) is 6.92 Å². The number of ether oxygens (including phenoxy) is 2. The van der Waals surface area contributed by atoms with Crippen LogP contribution in [-0.2, 0) is 22.6 Å². The lowest BCUT2D eigenvalue weighted by atomic mass is 9.94. The average Bonchev–Trinajstić information content (AvgIpc) is 3.03. The molecule has 1 aromatic rings. The number of phenols is 1. The zero-order valence-electron chi connectivity index (χ0n) is 16.9. The summed E-state index contributed by atoms with van der Waals surface area (Å²) in [5.74, 6) is -0.760. The molecule has 0 aromatic heterocycles. The van der Waals surface area contributed by atoms with Gasteiger partial charge in [0.05, 0.1) is 7.11 Å². The molecule has 1 aliphatic heterocycles. The number of hydrogen-bond donors (Lipinski definition) is 2. The van der Waals surface area contributed by atoms with Crippen LogP contribution in [0.15, 0.2) is 23.3 Å². The number of aromatic hydroxyl groups is 1. The first-order chi connectivity index (χ1) is 13.3. The Morgan fingerprint density at radius 3 is 2.50 bits per heavy atom. The molecule has 0 saturated heterocycles. The fraction of sp³-hybridized carbons (Fsp3) is 0.455. The molecule has 0 saturated carbocycles. The predicted molar refractivity (Wildman–Crippen MR) is 106 cm³/mol. The van der Waals surface area contributed by atoms with Crippen molar-refractivity contribution in [3.05, 3.63) is 45.6 Å². The van der Waals surface area contributed by atoms with Gasteiger partial charge >= 0.3 is 11.9 Å². The summed E-state index contributed by atoms with van der Waals surface area (Å²) in [6, 6.07) is 0. The Balaban J connectivity index is 2.10. The number of fused-ring (bicyclic) bond motifs is 1. The highest BCUT2D eigenvalue weighted by Gasteiger charge is 2.31. The lowest BCUT2D eigenvalue weighted by Crippen LogP contribution is -2.03. The summed E-state index contributed by atoms with van der Waals surface area (Å²) in [5, 5.41) is 19.3. The molecule has 28 heavy (non-hydrogen) atoms. The molecule has 0 atom stereocenters. The van der Waals surface area contributed by atoms with Crippen molar-refractivity contribution in [2.45, 2.75) is 59.5 Å². The van der Waals surface area contributed by atoms with Crippen molar-refractivity contribution in [1.82, 2.24) is 0 Å². The fourth-order valence-corrected chi connectivity index (χ4v) is 3.36. The highest BCUT2D eigenvalue weighted by Crippen LogP contribution is 2.42. The van der Waals surface area contributed by atoms with E-state index in [0.717, 1.165) is 29.6 Å². The van der Waals surface area contributed by atoms with E-state index in [1.807, 2.05) is 26.8 Å². The summed E-state index contributed by atoms with van der Waals surface area (Å²) < 4.78 is 10.6. The number of hydrogen-bond acceptors (Lipinski definition) is 5. The number of rotatable bonds is 9. The van der Waals surface area contributed by atoms with Crippen LogP contribution in [-0.4, -0.2) is 29.3 Å². The number of phenolic OH excluding ortho intramolecular Hbond substituents is 1. The molecule has 0 spiro atoms. The summed E-state index contributed by atoms with van der Waals surface area (Å²) in [4.78, 5) is 22.6. The summed E-state index contributed by atoms with van der Waals surface area (Å²) in [7, 11) is 1.55. The number of allylic oxidation sites excluding steroid dienone is 4. The third-order valence-electron chi connectivity index (χ3n) is 5.07. The third-order valence-corrected chi connectivity index (χ3v) is 5.07. The van der Waals surface area contributed by atoms with Gasteiger partial charge in [-0.2, -0.15) is 0 Å². The van der Waals surface area contributed by atoms with Crippen LogP contribution in [0.4, 0.5) is 0 Å². The minimum atomic E-state index is -0.786. The molecule has 1 aliphatic rings. The molecule has 1 heterocycles. The van der Waals surface area contributed by atoms with Gasteiger partial charge in [0.1, 0.15) is 23.7 Å². The maximum atomic E-state index is 11.9. The van der Waals surface area contributed by atoms with Crippen LogP contribution in [0.5, 0.6) is 11.5 Å². The van der Waals surface area contributed by atoms with Crippen LogP contribution in [0.1, 0.15) is 66.6 Å². The van der Waals surface area contributed by atoms with Crippen molar-refractivity contribution in [1.29, 1.82) is 0 Å². The molecular formula is C22H28O6. The number of benzene rings is 1. The van der Waals surface area contributed by atoms with Gasteiger partial charge in [0.15, 0.2) is 0 Å². The van der Waals surface area contributed by atoms with E-state index in [0.29, 0.717) is 29.7 Å². The highest BCUT2D eigenvalue weighted by atomic mass is 16.5. The van der Waals surface area contributed by atoms with Crippen LogP contribution < -0.4 is 4.74 Å². The Labute approximate surface area is 165 Å². The maximum Gasteiger partial charge on any atom is 0.342 e. The highest BCUT2D eigenvalue weighted by molar-refractivity contribution is 5.98. The number of carbonyl (C=O) groups excluding carboxylic acids is 1. The van der Waals surface area contributed by atoms with Gasteiger partial charge in [-0.3, -0.25) is 4.79 Å². The molecule has 6 heteroatoms. The van der Waals surface area contributed by atoms with E-state index in [4.69, 9.17) is 14.6 Å². The van der Waals surface area contributed by atoms with E-state index in [2.05, 4.69) is 6.08 Å². The summed E-state index contributed by atoms with van der Waals surface area (Å²) >= 11 is 0. The summed E-state index contributed by atoms with van der Waals surface area (Å²) in [5.41, 5.74) is 4.55. The fourth-order valence-electron chi connectivity index (χ4n) is 3.36. The third kappa shape index (κ3) is 4.94. The van der Waals surface area contributed by atoms with E-state index < -0.39 is 11.9 Å². The smallest absolute Gasteiger partial charge is 0.342 e. The largest absolute Gasteiger partial charge is 0.507 e. The number of esters is 1. The lowest BCUT2D eigenvalue weighted by molar-refractivity contribution is -0.136. The topological polar surface area (TPSA) is 93.1 Å². The number of carbonyl (C=O) groups is 2. The summed E-state index contributed by atoms with van der Waals surface area (Å²) in [6.07, 6.45) is 6.90.